The monoisotopic (exact) mass is 334 g/mol. The number of benzene rings is 2. The number of ketones is 2. The molecule has 0 N–H and O–H groups in total. The normalized spacial score (nSPS) is 16.7. The molecule has 0 aromatic heterocycles. The van der Waals surface area contributed by atoms with E-state index in [1.807, 2.05) is 18.2 Å². The SMILES string of the molecule is CC(=O)c1ccccc1CC(=O)C1C(=O)N(c2ccccc2)N=C1C. The second-order valence-corrected chi connectivity index (χ2v) is 6.02. The minimum absolute atomic E-state index is 0.0294. The standard InChI is InChI=1S/C20H18N2O3/c1-13-19(20(25)22(21-13)16-9-4-3-5-10-16)18(24)12-15-8-6-7-11-17(15)14(2)23/h3-11,19H,12H2,1-2H3. The molecule has 3 rings (SSSR count). The molecule has 0 radical (unpaired) electrons. The van der Waals surface area contributed by atoms with Crippen LogP contribution in [0.2, 0.25) is 0 Å². The Bertz CT molecular complexity index is 872. The van der Waals surface area contributed by atoms with Gasteiger partial charge in [0.25, 0.3) is 5.91 Å². The number of amides is 1. The number of anilines is 1. The zero-order valence-electron chi connectivity index (χ0n) is 14.1. The van der Waals surface area contributed by atoms with Crippen LogP contribution in [-0.4, -0.2) is 23.2 Å². The van der Waals surface area contributed by atoms with Crippen LogP contribution in [0.3, 0.4) is 0 Å². The summed E-state index contributed by atoms with van der Waals surface area (Å²) in [5, 5.41) is 5.53. The molecule has 2 aromatic rings. The summed E-state index contributed by atoms with van der Waals surface area (Å²) in [7, 11) is 0. The van der Waals surface area contributed by atoms with E-state index >= 15 is 0 Å². The summed E-state index contributed by atoms with van der Waals surface area (Å²) in [6.45, 7) is 3.15. The van der Waals surface area contributed by atoms with Crippen molar-refractivity contribution in [2.75, 3.05) is 5.01 Å². The molecule has 5 heteroatoms. The summed E-state index contributed by atoms with van der Waals surface area (Å²) in [4.78, 5) is 37.2. The predicted octanol–water partition coefficient (Wildman–Crippen LogP) is 3.04. The van der Waals surface area contributed by atoms with E-state index in [1.165, 1.54) is 11.9 Å². The van der Waals surface area contributed by atoms with E-state index in [4.69, 9.17) is 0 Å². The molecule has 5 nitrogen and oxygen atoms in total. The fourth-order valence-corrected chi connectivity index (χ4v) is 3.00. The molecule has 1 aliphatic rings. The third-order valence-corrected chi connectivity index (χ3v) is 4.22. The molecule has 1 unspecified atom stereocenters. The molecule has 1 heterocycles. The van der Waals surface area contributed by atoms with Crippen LogP contribution in [0.15, 0.2) is 59.7 Å². The molecule has 0 aliphatic carbocycles. The fraction of sp³-hybridized carbons (Fsp3) is 0.200. The van der Waals surface area contributed by atoms with Crippen molar-refractivity contribution in [3.63, 3.8) is 0 Å². The second-order valence-electron chi connectivity index (χ2n) is 6.02. The second kappa shape index (κ2) is 6.81. The molecule has 0 fully saturated rings. The highest BCUT2D eigenvalue weighted by Gasteiger charge is 2.39. The van der Waals surface area contributed by atoms with Crippen molar-refractivity contribution >= 4 is 28.9 Å². The van der Waals surface area contributed by atoms with E-state index < -0.39 is 5.92 Å². The van der Waals surface area contributed by atoms with E-state index in [9.17, 15) is 14.4 Å². The first-order chi connectivity index (χ1) is 12.0. The number of rotatable bonds is 5. The smallest absolute Gasteiger partial charge is 0.263 e. The van der Waals surface area contributed by atoms with Gasteiger partial charge in [0.05, 0.1) is 11.4 Å². The van der Waals surface area contributed by atoms with Crippen LogP contribution in [0.1, 0.15) is 29.8 Å². The fourth-order valence-electron chi connectivity index (χ4n) is 3.00. The van der Waals surface area contributed by atoms with Crippen molar-refractivity contribution in [1.82, 2.24) is 0 Å². The maximum atomic E-state index is 12.7. The molecule has 0 saturated carbocycles. The average molecular weight is 334 g/mol. The number of Topliss-reactive ketones (excluding diaryl/α,β-unsaturated/α-hetero) is 2. The van der Waals surface area contributed by atoms with Crippen LogP contribution in [0.4, 0.5) is 5.69 Å². The summed E-state index contributed by atoms with van der Waals surface area (Å²) in [6.07, 6.45) is 0.0294. The van der Waals surface area contributed by atoms with Crippen LogP contribution in [0.25, 0.3) is 0 Å². The number of carbonyl (C=O) groups excluding carboxylic acids is 3. The summed E-state index contributed by atoms with van der Waals surface area (Å²) in [6, 6.07) is 16.0. The van der Waals surface area contributed by atoms with Crippen LogP contribution in [0, 0.1) is 5.92 Å². The van der Waals surface area contributed by atoms with Crippen LogP contribution in [-0.2, 0) is 16.0 Å². The van der Waals surface area contributed by atoms with Crippen molar-refractivity contribution in [1.29, 1.82) is 0 Å². The van der Waals surface area contributed by atoms with Gasteiger partial charge < -0.3 is 0 Å². The zero-order valence-corrected chi connectivity index (χ0v) is 14.1. The lowest BCUT2D eigenvalue weighted by Crippen LogP contribution is -2.33. The van der Waals surface area contributed by atoms with Gasteiger partial charge in [-0.25, -0.2) is 0 Å². The third kappa shape index (κ3) is 3.26. The number of hydrazone groups is 1. The van der Waals surface area contributed by atoms with Crippen LogP contribution >= 0.6 is 0 Å². The molecule has 0 bridgehead atoms. The van der Waals surface area contributed by atoms with E-state index in [-0.39, 0.29) is 23.9 Å². The molecule has 0 spiro atoms. The molecule has 1 aliphatic heterocycles. The average Bonchev–Trinajstić information content (AvgIpc) is 2.90. The van der Waals surface area contributed by atoms with Gasteiger partial charge in [-0.2, -0.15) is 10.1 Å². The predicted molar refractivity (Wildman–Crippen MR) is 95.7 cm³/mol. The highest BCUT2D eigenvalue weighted by Crippen LogP contribution is 2.25. The lowest BCUT2D eigenvalue weighted by Gasteiger charge is -2.14. The summed E-state index contributed by atoms with van der Waals surface area (Å²) >= 11 is 0. The number of para-hydroxylation sites is 1. The van der Waals surface area contributed by atoms with E-state index in [2.05, 4.69) is 5.10 Å². The van der Waals surface area contributed by atoms with E-state index in [1.54, 1.807) is 43.3 Å². The lowest BCUT2D eigenvalue weighted by molar-refractivity contribution is -0.128. The van der Waals surface area contributed by atoms with Crippen LogP contribution in [0.5, 0.6) is 0 Å². The number of hydrogen-bond donors (Lipinski definition) is 0. The highest BCUT2D eigenvalue weighted by atomic mass is 16.2. The Balaban J connectivity index is 1.83. The van der Waals surface area contributed by atoms with Gasteiger partial charge in [0.15, 0.2) is 11.6 Å². The first kappa shape index (κ1) is 16.8. The van der Waals surface area contributed by atoms with Gasteiger partial charge in [-0.15, -0.1) is 0 Å². The van der Waals surface area contributed by atoms with Gasteiger partial charge in [-0.3, -0.25) is 14.4 Å². The van der Waals surface area contributed by atoms with Gasteiger partial charge in [0.2, 0.25) is 0 Å². The van der Waals surface area contributed by atoms with Crippen molar-refractivity contribution in [3.05, 3.63) is 65.7 Å². The Labute approximate surface area is 146 Å². The first-order valence-electron chi connectivity index (χ1n) is 8.04. The molecule has 126 valence electrons. The minimum Gasteiger partial charge on any atom is -0.298 e. The Morgan fingerprint density at radius 2 is 1.68 bits per heavy atom. The van der Waals surface area contributed by atoms with Crippen molar-refractivity contribution < 1.29 is 14.4 Å². The Kier molecular flexibility index (Phi) is 4.57. The maximum Gasteiger partial charge on any atom is 0.263 e. The molecule has 2 aromatic carbocycles. The van der Waals surface area contributed by atoms with Gasteiger partial charge in [-0.1, -0.05) is 42.5 Å². The van der Waals surface area contributed by atoms with Gasteiger partial charge in [0.1, 0.15) is 5.92 Å². The maximum absolute atomic E-state index is 12.7. The van der Waals surface area contributed by atoms with Crippen molar-refractivity contribution in [2.24, 2.45) is 11.0 Å². The van der Waals surface area contributed by atoms with Crippen molar-refractivity contribution in [3.8, 4) is 0 Å². The number of hydrogen-bond acceptors (Lipinski definition) is 4. The molecule has 1 atom stereocenters. The van der Waals surface area contributed by atoms with Crippen molar-refractivity contribution in [2.45, 2.75) is 20.3 Å². The molecule has 1 amide bonds. The lowest BCUT2D eigenvalue weighted by atomic mass is 9.91. The van der Waals surface area contributed by atoms with E-state index in [0.717, 1.165) is 0 Å². The van der Waals surface area contributed by atoms with E-state index in [0.29, 0.717) is 22.5 Å². The molecular weight excluding hydrogens is 316 g/mol. The van der Waals surface area contributed by atoms with Crippen LogP contribution < -0.4 is 5.01 Å². The Morgan fingerprint density at radius 1 is 1.04 bits per heavy atom. The topological polar surface area (TPSA) is 66.8 Å². The number of nitrogens with zero attached hydrogens (tertiary/aromatic N) is 2. The highest BCUT2D eigenvalue weighted by molar-refractivity contribution is 6.27. The quantitative estimate of drug-likeness (QED) is 0.623. The molecular formula is C20H18N2O3. The summed E-state index contributed by atoms with van der Waals surface area (Å²) < 4.78 is 0. The first-order valence-corrected chi connectivity index (χ1v) is 8.04. The Morgan fingerprint density at radius 3 is 2.36 bits per heavy atom. The largest absolute Gasteiger partial charge is 0.298 e. The molecule has 0 saturated heterocycles. The zero-order chi connectivity index (χ0) is 18.0. The van der Waals surface area contributed by atoms with Gasteiger partial charge in [-0.05, 0) is 31.5 Å². The van der Waals surface area contributed by atoms with Gasteiger partial charge in [0, 0.05) is 12.0 Å². The summed E-state index contributed by atoms with van der Waals surface area (Å²) in [5.74, 6) is -1.61. The summed E-state index contributed by atoms with van der Waals surface area (Å²) in [5.41, 5.74) is 2.25. The third-order valence-electron chi connectivity index (χ3n) is 4.22. The van der Waals surface area contributed by atoms with Gasteiger partial charge >= 0.3 is 0 Å². The molecule has 25 heavy (non-hydrogen) atoms. The number of carbonyl (C=O) groups is 3. The Hall–Kier alpha value is -3.08. The minimum atomic E-state index is -0.903.